The number of carbonyl (C=O) groups is 3. The average Bonchev–Trinajstić information content (AvgIpc) is 2.92. The second-order valence-corrected chi connectivity index (χ2v) is 7.99. The fraction of sp³-hybridized carbons (Fsp3) is 0.286. The number of nitrogens with one attached hydrogen (secondary N) is 2. The summed E-state index contributed by atoms with van der Waals surface area (Å²) >= 11 is 3.33. The number of imide groups is 1. The van der Waals surface area contributed by atoms with Gasteiger partial charge in [0.1, 0.15) is 11.3 Å². The van der Waals surface area contributed by atoms with Crippen LogP contribution in [-0.4, -0.2) is 34.5 Å². The van der Waals surface area contributed by atoms with Crippen molar-refractivity contribution in [1.29, 1.82) is 0 Å². The standard InChI is InChI=1S/C21H22BrN3O4/c1-14(29-17-10-8-16(22)9-11-17)18(26)24-25-19(27)21(2,23-20(25)28)13-12-15-6-4-3-5-7-15/h3-11,14H,12-13H2,1-2H3,(H,23,28)(H,24,26). The quantitative estimate of drug-likeness (QED) is 0.622. The summed E-state index contributed by atoms with van der Waals surface area (Å²) in [6.07, 6.45) is 0.139. The highest BCUT2D eigenvalue weighted by atomic mass is 79.9. The molecule has 2 unspecified atom stereocenters. The molecule has 0 aromatic heterocycles. The second-order valence-electron chi connectivity index (χ2n) is 7.08. The van der Waals surface area contributed by atoms with Crippen LogP contribution in [0.25, 0.3) is 0 Å². The zero-order valence-electron chi connectivity index (χ0n) is 16.1. The Bertz CT molecular complexity index is 904. The maximum atomic E-state index is 12.8. The molecule has 8 heteroatoms. The average molecular weight is 460 g/mol. The summed E-state index contributed by atoms with van der Waals surface area (Å²) < 4.78 is 6.45. The zero-order chi connectivity index (χ0) is 21.0. The molecule has 3 rings (SSSR count). The van der Waals surface area contributed by atoms with Crippen LogP contribution in [0.4, 0.5) is 4.79 Å². The van der Waals surface area contributed by atoms with Crippen molar-refractivity contribution in [2.24, 2.45) is 0 Å². The zero-order valence-corrected chi connectivity index (χ0v) is 17.7. The molecule has 0 spiro atoms. The van der Waals surface area contributed by atoms with E-state index in [1.54, 1.807) is 38.1 Å². The predicted molar refractivity (Wildman–Crippen MR) is 111 cm³/mol. The number of rotatable bonds is 7. The van der Waals surface area contributed by atoms with Crippen LogP contribution in [-0.2, 0) is 16.0 Å². The molecule has 2 aromatic rings. The van der Waals surface area contributed by atoms with Gasteiger partial charge in [0.15, 0.2) is 6.10 Å². The van der Waals surface area contributed by atoms with Gasteiger partial charge in [-0.1, -0.05) is 46.3 Å². The van der Waals surface area contributed by atoms with Crippen molar-refractivity contribution in [3.05, 3.63) is 64.6 Å². The van der Waals surface area contributed by atoms with Crippen LogP contribution < -0.4 is 15.5 Å². The number of halogens is 1. The van der Waals surface area contributed by atoms with Crippen molar-refractivity contribution < 1.29 is 19.1 Å². The number of hydrazine groups is 1. The molecule has 2 aromatic carbocycles. The van der Waals surface area contributed by atoms with Gasteiger partial charge in [-0.05, 0) is 56.5 Å². The summed E-state index contributed by atoms with van der Waals surface area (Å²) in [6, 6.07) is 16.0. The lowest BCUT2D eigenvalue weighted by atomic mass is 9.93. The fourth-order valence-electron chi connectivity index (χ4n) is 2.97. The van der Waals surface area contributed by atoms with Gasteiger partial charge in [-0.2, -0.15) is 5.01 Å². The lowest BCUT2D eigenvalue weighted by Gasteiger charge is -2.22. The van der Waals surface area contributed by atoms with Gasteiger partial charge in [-0.3, -0.25) is 15.0 Å². The van der Waals surface area contributed by atoms with E-state index in [0.29, 0.717) is 18.6 Å². The van der Waals surface area contributed by atoms with Gasteiger partial charge in [0.2, 0.25) is 0 Å². The van der Waals surface area contributed by atoms with E-state index in [-0.39, 0.29) is 0 Å². The van der Waals surface area contributed by atoms with Crippen LogP contribution in [0, 0.1) is 0 Å². The van der Waals surface area contributed by atoms with E-state index in [9.17, 15) is 14.4 Å². The molecular formula is C21H22BrN3O4. The molecule has 29 heavy (non-hydrogen) atoms. The Labute approximate surface area is 177 Å². The van der Waals surface area contributed by atoms with E-state index in [4.69, 9.17) is 4.74 Å². The molecule has 1 aliphatic rings. The molecule has 0 bridgehead atoms. The summed E-state index contributed by atoms with van der Waals surface area (Å²) in [7, 11) is 0. The van der Waals surface area contributed by atoms with Crippen molar-refractivity contribution in [3.63, 3.8) is 0 Å². The van der Waals surface area contributed by atoms with Gasteiger partial charge < -0.3 is 10.1 Å². The van der Waals surface area contributed by atoms with E-state index in [0.717, 1.165) is 15.0 Å². The summed E-state index contributed by atoms with van der Waals surface area (Å²) in [4.78, 5) is 37.5. The number of amides is 4. The molecule has 1 saturated heterocycles. The molecule has 0 saturated carbocycles. The van der Waals surface area contributed by atoms with Crippen LogP contribution >= 0.6 is 15.9 Å². The maximum absolute atomic E-state index is 12.8. The number of benzene rings is 2. The lowest BCUT2D eigenvalue weighted by Crippen LogP contribution is -2.52. The molecule has 4 amide bonds. The van der Waals surface area contributed by atoms with E-state index in [2.05, 4.69) is 26.7 Å². The minimum Gasteiger partial charge on any atom is -0.481 e. The summed E-state index contributed by atoms with van der Waals surface area (Å²) in [6.45, 7) is 3.20. The van der Waals surface area contributed by atoms with Crippen LogP contribution in [0.3, 0.4) is 0 Å². The lowest BCUT2D eigenvalue weighted by molar-refractivity contribution is -0.141. The van der Waals surface area contributed by atoms with Crippen LogP contribution in [0.5, 0.6) is 5.75 Å². The number of urea groups is 1. The molecule has 7 nitrogen and oxygen atoms in total. The molecular weight excluding hydrogens is 438 g/mol. The molecule has 152 valence electrons. The van der Waals surface area contributed by atoms with Gasteiger partial charge in [0.25, 0.3) is 11.8 Å². The first-order valence-corrected chi connectivity index (χ1v) is 10.0. The largest absolute Gasteiger partial charge is 0.481 e. The highest BCUT2D eigenvalue weighted by Gasteiger charge is 2.48. The van der Waals surface area contributed by atoms with E-state index in [1.165, 1.54) is 0 Å². The number of carbonyl (C=O) groups excluding carboxylic acids is 3. The number of hydrogen-bond acceptors (Lipinski definition) is 4. The summed E-state index contributed by atoms with van der Waals surface area (Å²) in [5.41, 5.74) is 2.34. The normalized spacial score (nSPS) is 19.6. The Balaban J connectivity index is 1.60. The summed E-state index contributed by atoms with van der Waals surface area (Å²) in [5.74, 6) is -0.591. The topological polar surface area (TPSA) is 87.7 Å². The second kappa shape index (κ2) is 8.65. The molecule has 1 fully saturated rings. The number of ether oxygens (including phenoxy) is 1. The third-order valence-corrected chi connectivity index (χ3v) is 5.26. The molecule has 1 heterocycles. The van der Waals surface area contributed by atoms with Gasteiger partial charge in [0, 0.05) is 4.47 Å². The Kier molecular flexibility index (Phi) is 6.22. The van der Waals surface area contributed by atoms with E-state index < -0.39 is 29.5 Å². The van der Waals surface area contributed by atoms with Gasteiger partial charge in [-0.15, -0.1) is 0 Å². The minimum absolute atomic E-state index is 0.416. The van der Waals surface area contributed by atoms with Crippen molar-refractivity contribution in [3.8, 4) is 5.75 Å². The number of aryl methyl sites for hydroxylation is 1. The summed E-state index contributed by atoms with van der Waals surface area (Å²) in [5, 5.41) is 3.41. The Hall–Kier alpha value is -2.87. The number of hydrogen-bond donors (Lipinski definition) is 2. The highest BCUT2D eigenvalue weighted by Crippen LogP contribution is 2.22. The van der Waals surface area contributed by atoms with Crippen LogP contribution in [0.2, 0.25) is 0 Å². The third-order valence-electron chi connectivity index (χ3n) is 4.74. The predicted octanol–water partition coefficient (Wildman–Crippen LogP) is 3.19. The maximum Gasteiger partial charge on any atom is 0.344 e. The van der Waals surface area contributed by atoms with Crippen molar-refractivity contribution >= 4 is 33.8 Å². The molecule has 2 atom stereocenters. The Morgan fingerprint density at radius 3 is 2.48 bits per heavy atom. The number of nitrogens with zero attached hydrogens (tertiary/aromatic N) is 1. The van der Waals surface area contributed by atoms with Gasteiger partial charge >= 0.3 is 6.03 Å². The van der Waals surface area contributed by atoms with E-state index in [1.807, 2.05) is 30.3 Å². The van der Waals surface area contributed by atoms with Crippen molar-refractivity contribution in [1.82, 2.24) is 15.8 Å². The van der Waals surface area contributed by atoms with Crippen molar-refractivity contribution in [2.45, 2.75) is 38.3 Å². The van der Waals surface area contributed by atoms with Gasteiger partial charge in [0.05, 0.1) is 0 Å². The Morgan fingerprint density at radius 1 is 1.17 bits per heavy atom. The Morgan fingerprint density at radius 2 is 1.83 bits per heavy atom. The fourth-order valence-corrected chi connectivity index (χ4v) is 3.23. The van der Waals surface area contributed by atoms with Crippen LogP contribution in [0.1, 0.15) is 25.8 Å². The minimum atomic E-state index is -1.09. The molecule has 1 aliphatic heterocycles. The molecule has 0 aliphatic carbocycles. The first-order chi connectivity index (χ1) is 13.8. The first kappa shape index (κ1) is 20.9. The van der Waals surface area contributed by atoms with E-state index >= 15 is 0 Å². The van der Waals surface area contributed by atoms with Crippen molar-refractivity contribution in [2.75, 3.05) is 0 Å². The van der Waals surface area contributed by atoms with Crippen LogP contribution in [0.15, 0.2) is 59.1 Å². The van der Waals surface area contributed by atoms with Gasteiger partial charge in [-0.25, -0.2) is 4.79 Å². The molecule has 2 N–H and O–H groups in total. The first-order valence-electron chi connectivity index (χ1n) is 9.22. The SMILES string of the molecule is CC(Oc1ccc(Br)cc1)C(=O)NN1C(=O)NC(C)(CCc2ccccc2)C1=O. The monoisotopic (exact) mass is 459 g/mol. The third kappa shape index (κ3) is 4.95. The highest BCUT2D eigenvalue weighted by molar-refractivity contribution is 9.10. The smallest absolute Gasteiger partial charge is 0.344 e. The molecule has 0 radical (unpaired) electrons.